The number of piperidine rings is 1. The molecule has 34 heavy (non-hydrogen) atoms. The maximum absolute atomic E-state index is 13.1. The van der Waals surface area contributed by atoms with E-state index in [2.05, 4.69) is 44.8 Å². The normalized spacial score (nSPS) is 19.4. The highest BCUT2D eigenvalue weighted by Gasteiger charge is 2.31. The van der Waals surface area contributed by atoms with Crippen molar-refractivity contribution in [2.45, 2.75) is 37.1 Å². The average Bonchev–Trinajstić information content (AvgIpc) is 2.88. The van der Waals surface area contributed by atoms with Crippen LogP contribution in [-0.4, -0.2) is 66.9 Å². The maximum atomic E-state index is 13.1. The van der Waals surface area contributed by atoms with Crippen LogP contribution in [0.3, 0.4) is 0 Å². The highest BCUT2D eigenvalue weighted by molar-refractivity contribution is 9.10. The van der Waals surface area contributed by atoms with Gasteiger partial charge in [0.2, 0.25) is 10.0 Å². The van der Waals surface area contributed by atoms with Crippen molar-refractivity contribution in [3.05, 3.63) is 58.8 Å². The topological polar surface area (TPSA) is 69.6 Å². The van der Waals surface area contributed by atoms with Gasteiger partial charge >= 0.3 is 0 Å². The second-order valence-corrected chi connectivity index (χ2v) is 11.9. The van der Waals surface area contributed by atoms with Crippen LogP contribution in [0.1, 0.15) is 38.1 Å². The first kappa shape index (κ1) is 23.7. The lowest BCUT2D eigenvalue weighted by molar-refractivity contribution is 0.141. The van der Waals surface area contributed by atoms with E-state index < -0.39 is 10.0 Å². The number of nitrogens with zero attached hydrogens (tertiary/aromatic N) is 5. The number of sulfonamides is 1. The first-order valence-electron chi connectivity index (χ1n) is 11.9. The summed E-state index contributed by atoms with van der Waals surface area (Å²) in [5.41, 5.74) is 0.969. The average molecular weight is 545 g/mol. The number of anilines is 1. The van der Waals surface area contributed by atoms with Crippen LogP contribution in [0, 0.1) is 0 Å². The van der Waals surface area contributed by atoms with Gasteiger partial charge in [0.25, 0.3) is 0 Å². The van der Waals surface area contributed by atoms with Gasteiger partial charge in [0.15, 0.2) is 0 Å². The standard InChI is InChI=1S/C25H30BrN5O2S/c1-19(29-15-17-31(18-16-29)34(32,33)21-11-9-20(26)10-12-21)24-27-23-8-4-3-7-22(23)25(28-24)30-13-5-2-6-14-30/h3-4,7-12,19H,2,5-6,13-18H2,1H3/t19-/m0/s1. The summed E-state index contributed by atoms with van der Waals surface area (Å²) in [4.78, 5) is 15.0. The van der Waals surface area contributed by atoms with Crippen molar-refractivity contribution in [3.63, 3.8) is 0 Å². The molecule has 5 rings (SSSR count). The third-order valence-electron chi connectivity index (χ3n) is 6.90. The van der Waals surface area contributed by atoms with E-state index in [4.69, 9.17) is 9.97 Å². The summed E-state index contributed by atoms with van der Waals surface area (Å²) in [5.74, 6) is 1.84. The zero-order chi connectivity index (χ0) is 23.7. The Balaban J connectivity index is 1.35. The molecule has 7 nitrogen and oxygen atoms in total. The zero-order valence-corrected chi connectivity index (χ0v) is 21.8. The van der Waals surface area contributed by atoms with Crippen molar-refractivity contribution in [3.8, 4) is 0 Å². The summed E-state index contributed by atoms with van der Waals surface area (Å²) in [7, 11) is -3.49. The van der Waals surface area contributed by atoms with Crippen molar-refractivity contribution in [2.75, 3.05) is 44.2 Å². The van der Waals surface area contributed by atoms with Crippen LogP contribution >= 0.6 is 15.9 Å². The van der Waals surface area contributed by atoms with Gasteiger partial charge in [-0.1, -0.05) is 28.1 Å². The molecular formula is C25H30BrN5O2S. The molecule has 0 spiro atoms. The molecule has 2 saturated heterocycles. The Kier molecular flexibility index (Phi) is 6.88. The van der Waals surface area contributed by atoms with Crippen molar-refractivity contribution in [1.29, 1.82) is 0 Å². The number of para-hydroxylation sites is 1. The van der Waals surface area contributed by atoms with Gasteiger partial charge in [0.05, 0.1) is 16.5 Å². The van der Waals surface area contributed by atoms with E-state index in [-0.39, 0.29) is 6.04 Å². The van der Waals surface area contributed by atoms with Crippen LogP contribution in [0.15, 0.2) is 57.9 Å². The van der Waals surface area contributed by atoms with Crippen molar-refractivity contribution in [2.24, 2.45) is 0 Å². The van der Waals surface area contributed by atoms with Crippen LogP contribution in [0.25, 0.3) is 10.9 Å². The number of aromatic nitrogens is 2. The highest BCUT2D eigenvalue weighted by atomic mass is 79.9. The minimum absolute atomic E-state index is 0.00526. The van der Waals surface area contributed by atoms with E-state index in [1.54, 1.807) is 28.6 Å². The lowest BCUT2D eigenvalue weighted by Crippen LogP contribution is -2.49. The molecule has 0 radical (unpaired) electrons. The highest BCUT2D eigenvalue weighted by Crippen LogP contribution is 2.30. The molecular weight excluding hydrogens is 514 g/mol. The molecule has 2 aliphatic rings. The summed E-state index contributed by atoms with van der Waals surface area (Å²) in [6.07, 6.45) is 3.66. The Hall–Kier alpha value is -2.07. The molecule has 0 saturated carbocycles. The number of halogens is 1. The van der Waals surface area contributed by atoms with E-state index >= 15 is 0 Å². The fraction of sp³-hybridized carbons (Fsp3) is 0.440. The number of piperazine rings is 1. The first-order chi connectivity index (χ1) is 16.4. The monoisotopic (exact) mass is 543 g/mol. The second-order valence-electron chi connectivity index (χ2n) is 9.04. The largest absolute Gasteiger partial charge is 0.356 e. The predicted molar refractivity (Wildman–Crippen MR) is 138 cm³/mol. The van der Waals surface area contributed by atoms with E-state index in [9.17, 15) is 8.42 Å². The molecule has 0 N–H and O–H groups in total. The molecule has 1 atom stereocenters. The summed E-state index contributed by atoms with van der Waals surface area (Å²) in [6.45, 7) is 6.38. The van der Waals surface area contributed by atoms with E-state index in [1.165, 1.54) is 19.3 Å². The van der Waals surface area contributed by atoms with E-state index in [0.29, 0.717) is 31.1 Å². The Bertz CT molecular complexity index is 1250. The van der Waals surface area contributed by atoms with Gasteiger partial charge in [-0.15, -0.1) is 0 Å². The van der Waals surface area contributed by atoms with Gasteiger partial charge < -0.3 is 4.90 Å². The Morgan fingerprint density at radius 2 is 1.53 bits per heavy atom. The third-order valence-corrected chi connectivity index (χ3v) is 9.34. The zero-order valence-electron chi connectivity index (χ0n) is 19.4. The number of hydrogen-bond donors (Lipinski definition) is 0. The van der Waals surface area contributed by atoms with Crippen LogP contribution in [0.2, 0.25) is 0 Å². The lowest BCUT2D eigenvalue weighted by Gasteiger charge is -2.37. The molecule has 0 amide bonds. The van der Waals surface area contributed by atoms with E-state index in [0.717, 1.165) is 40.1 Å². The van der Waals surface area contributed by atoms with Gasteiger partial charge in [0, 0.05) is 49.1 Å². The number of benzene rings is 2. The SMILES string of the molecule is C[C@@H](c1nc(N2CCCCC2)c2ccccc2n1)N1CCN(S(=O)(=O)c2ccc(Br)cc2)CC1. The molecule has 2 fully saturated rings. The smallest absolute Gasteiger partial charge is 0.243 e. The Morgan fingerprint density at radius 3 is 2.24 bits per heavy atom. The quantitative estimate of drug-likeness (QED) is 0.473. The molecule has 0 unspecified atom stereocenters. The molecule has 180 valence electrons. The van der Waals surface area contributed by atoms with Gasteiger partial charge in [-0.25, -0.2) is 18.4 Å². The molecule has 0 bridgehead atoms. The van der Waals surface area contributed by atoms with Gasteiger partial charge in [-0.2, -0.15) is 4.31 Å². The van der Waals surface area contributed by atoms with Crippen molar-refractivity contribution >= 4 is 42.7 Å². The molecule has 1 aromatic heterocycles. The van der Waals surface area contributed by atoms with Crippen LogP contribution in [-0.2, 0) is 10.0 Å². The van der Waals surface area contributed by atoms with Crippen LogP contribution in [0.5, 0.6) is 0 Å². The maximum Gasteiger partial charge on any atom is 0.243 e. The third kappa shape index (κ3) is 4.71. The van der Waals surface area contributed by atoms with Crippen LogP contribution < -0.4 is 4.90 Å². The molecule has 9 heteroatoms. The van der Waals surface area contributed by atoms with Crippen LogP contribution in [0.4, 0.5) is 5.82 Å². The molecule has 2 aromatic carbocycles. The summed E-state index contributed by atoms with van der Waals surface area (Å²) in [5, 5.41) is 1.10. The summed E-state index contributed by atoms with van der Waals surface area (Å²) < 4.78 is 28.6. The van der Waals surface area contributed by atoms with Gasteiger partial charge in [-0.05, 0) is 62.6 Å². The number of hydrogen-bond acceptors (Lipinski definition) is 6. The van der Waals surface area contributed by atoms with Gasteiger partial charge in [-0.3, -0.25) is 4.90 Å². The Morgan fingerprint density at radius 1 is 0.853 bits per heavy atom. The summed E-state index contributed by atoms with van der Waals surface area (Å²) >= 11 is 3.37. The van der Waals surface area contributed by atoms with Crippen molar-refractivity contribution < 1.29 is 8.42 Å². The van der Waals surface area contributed by atoms with E-state index in [1.807, 2.05) is 12.1 Å². The minimum Gasteiger partial charge on any atom is -0.356 e. The number of fused-ring (bicyclic) bond motifs is 1. The summed E-state index contributed by atoms with van der Waals surface area (Å²) in [6, 6.07) is 15.1. The first-order valence-corrected chi connectivity index (χ1v) is 14.2. The molecule has 3 aromatic rings. The van der Waals surface area contributed by atoms with Gasteiger partial charge in [0.1, 0.15) is 11.6 Å². The lowest BCUT2D eigenvalue weighted by atomic mass is 10.1. The molecule has 2 aliphatic heterocycles. The van der Waals surface area contributed by atoms with Crippen molar-refractivity contribution in [1.82, 2.24) is 19.2 Å². The number of rotatable bonds is 5. The second kappa shape index (κ2) is 9.89. The fourth-order valence-corrected chi connectivity index (χ4v) is 6.55. The minimum atomic E-state index is -3.49. The predicted octanol–water partition coefficient (Wildman–Crippen LogP) is 4.45. The fourth-order valence-electron chi connectivity index (χ4n) is 4.86. The molecule has 0 aliphatic carbocycles. The Labute approximate surface area is 210 Å². The molecule has 3 heterocycles.